The van der Waals surface area contributed by atoms with E-state index in [1.807, 2.05) is 24.3 Å². The predicted molar refractivity (Wildman–Crippen MR) is 90.0 cm³/mol. The van der Waals surface area contributed by atoms with Gasteiger partial charge >= 0.3 is 6.18 Å². The minimum atomic E-state index is -4.42. The number of amides is 1. The first kappa shape index (κ1) is 18.0. The number of carbonyl (C=O) groups is 1. The molecule has 1 N–H and O–H groups in total. The van der Waals surface area contributed by atoms with Crippen LogP contribution in [0.5, 0.6) is 0 Å². The molecule has 6 heteroatoms. The topological polar surface area (TPSA) is 52.9 Å². The van der Waals surface area contributed by atoms with Crippen molar-refractivity contribution in [3.63, 3.8) is 0 Å². The monoisotopic (exact) mass is 358 g/mol. The fraction of sp³-hybridized carbons (Fsp3) is 0.300. The standard InChI is InChI=1S/C20H17F3N2O/c21-20(22,23)17-3-1-2-15(10-17)11-18(26)25-12-14-4-6-16(7-5-14)19(13-24)8-9-19/h1-7,10H,8-9,11-12H2,(H,25,26). The average molecular weight is 358 g/mol. The van der Waals surface area contributed by atoms with Crippen LogP contribution in [0.3, 0.4) is 0 Å². The van der Waals surface area contributed by atoms with Crippen molar-refractivity contribution in [2.45, 2.75) is 37.4 Å². The third-order valence-corrected chi connectivity index (χ3v) is 4.58. The molecule has 3 nitrogen and oxygen atoms in total. The van der Waals surface area contributed by atoms with Gasteiger partial charge in [0.15, 0.2) is 0 Å². The number of halogens is 3. The van der Waals surface area contributed by atoms with Crippen molar-refractivity contribution in [1.82, 2.24) is 5.32 Å². The Hall–Kier alpha value is -2.81. The Balaban J connectivity index is 1.55. The zero-order valence-corrected chi connectivity index (χ0v) is 13.9. The van der Waals surface area contributed by atoms with Crippen molar-refractivity contribution in [1.29, 1.82) is 5.26 Å². The molecule has 134 valence electrons. The first-order chi connectivity index (χ1) is 12.3. The summed E-state index contributed by atoms with van der Waals surface area (Å²) in [6.45, 7) is 0.289. The fourth-order valence-electron chi connectivity index (χ4n) is 2.84. The van der Waals surface area contributed by atoms with E-state index in [1.54, 1.807) is 0 Å². The highest BCUT2D eigenvalue weighted by molar-refractivity contribution is 5.78. The van der Waals surface area contributed by atoms with Gasteiger partial charge in [0.05, 0.1) is 23.5 Å². The second kappa shape index (κ2) is 6.83. The van der Waals surface area contributed by atoms with Crippen LogP contribution in [0.4, 0.5) is 13.2 Å². The highest BCUT2D eigenvalue weighted by Crippen LogP contribution is 2.47. The van der Waals surface area contributed by atoms with E-state index >= 15 is 0 Å². The van der Waals surface area contributed by atoms with Gasteiger partial charge in [-0.3, -0.25) is 4.79 Å². The molecule has 0 unspecified atom stereocenters. The lowest BCUT2D eigenvalue weighted by molar-refractivity contribution is -0.137. The lowest BCUT2D eigenvalue weighted by Crippen LogP contribution is -2.24. The van der Waals surface area contributed by atoms with Crippen LogP contribution in [0.25, 0.3) is 0 Å². The molecule has 0 radical (unpaired) electrons. The Morgan fingerprint density at radius 3 is 2.38 bits per heavy atom. The minimum Gasteiger partial charge on any atom is -0.352 e. The summed E-state index contributed by atoms with van der Waals surface area (Å²) in [5.41, 5.74) is 1.08. The van der Waals surface area contributed by atoms with Crippen molar-refractivity contribution in [2.24, 2.45) is 0 Å². The maximum Gasteiger partial charge on any atom is 0.416 e. The first-order valence-corrected chi connectivity index (χ1v) is 8.26. The van der Waals surface area contributed by atoms with Gasteiger partial charge in [0.25, 0.3) is 0 Å². The molecule has 3 rings (SSSR count). The van der Waals surface area contributed by atoms with E-state index in [0.717, 1.165) is 36.1 Å². The number of hydrogen-bond acceptors (Lipinski definition) is 2. The van der Waals surface area contributed by atoms with E-state index in [9.17, 15) is 23.2 Å². The summed E-state index contributed by atoms with van der Waals surface area (Å²) >= 11 is 0. The van der Waals surface area contributed by atoms with Crippen LogP contribution < -0.4 is 5.32 Å². The molecule has 1 saturated carbocycles. The SMILES string of the molecule is N#CC1(c2ccc(CNC(=O)Cc3cccc(C(F)(F)F)c3)cc2)CC1. The van der Waals surface area contributed by atoms with Gasteiger partial charge in [0.2, 0.25) is 5.91 Å². The Labute approximate surface area is 149 Å². The summed E-state index contributed by atoms with van der Waals surface area (Å²) in [5.74, 6) is -0.343. The van der Waals surface area contributed by atoms with Crippen molar-refractivity contribution < 1.29 is 18.0 Å². The Kier molecular flexibility index (Phi) is 4.73. The maximum absolute atomic E-state index is 12.7. The van der Waals surface area contributed by atoms with E-state index < -0.39 is 11.7 Å². The number of nitrogens with one attached hydrogen (secondary N) is 1. The summed E-state index contributed by atoms with van der Waals surface area (Å²) in [6, 6.07) is 14.6. The molecule has 1 aliphatic carbocycles. The van der Waals surface area contributed by atoms with Crippen LogP contribution in [0.2, 0.25) is 0 Å². The molecule has 0 spiro atoms. The second-order valence-electron chi connectivity index (χ2n) is 6.54. The van der Waals surface area contributed by atoms with Crippen LogP contribution in [0.15, 0.2) is 48.5 Å². The normalized spacial score (nSPS) is 15.2. The fourth-order valence-corrected chi connectivity index (χ4v) is 2.84. The van der Waals surface area contributed by atoms with E-state index in [4.69, 9.17) is 0 Å². The first-order valence-electron chi connectivity index (χ1n) is 8.26. The molecule has 0 saturated heterocycles. The molecule has 26 heavy (non-hydrogen) atoms. The second-order valence-corrected chi connectivity index (χ2v) is 6.54. The van der Waals surface area contributed by atoms with Crippen molar-refractivity contribution >= 4 is 5.91 Å². The number of rotatable bonds is 5. The number of benzene rings is 2. The highest BCUT2D eigenvalue weighted by atomic mass is 19.4. The largest absolute Gasteiger partial charge is 0.416 e. The van der Waals surface area contributed by atoms with Gasteiger partial charge in [-0.15, -0.1) is 0 Å². The van der Waals surface area contributed by atoms with Gasteiger partial charge in [0.1, 0.15) is 0 Å². The summed E-state index contributed by atoms with van der Waals surface area (Å²) in [5, 5.41) is 11.9. The third kappa shape index (κ3) is 4.05. The van der Waals surface area contributed by atoms with Gasteiger partial charge < -0.3 is 5.32 Å². The summed E-state index contributed by atoms with van der Waals surface area (Å²) < 4.78 is 38.1. The summed E-state index contributed by atoms with van der Waals surface area (Å²) in [4.78, 5) is 12.0. The Bertz CT molecular complexity index is 847. The van der Waals surface area contributed by atoms with E-state index in [2.05, 4.69) is 11.4 Å². The number of nitrogens with zero attached hydrogens (tertiary/aromatic N) is 1. The molecule has 2 aromatic carbocycles. The van der Waals surface area contributed by atoms with E-state index in [0.29, 0.717) is 5.56 Å². The summed E-state index contributed by atoms with van der Waals surface area (Å²) in [7, 11) is 0. The zero-order valence-electron chi connectivity index (χ0n) is 13.9. The van der Waals surface area contributed by atoms with E-state index in [-0.39, 0.29) is 24.3 Å². The van der Waals surface area contributed by atoms with Crippen LogP contribution in [0.1, 0.15) is 35.1 Å². The number of carbonyl (C=O) groups excluding carboxylic acids is 1. The quantitative estimate of drug-likeness (QED) is 0.874. The molecule has 0 bridgehead atoms. The van der Waals surface area contributed by atoms with Crippen LogP contribution in [-0.2, 0) is 29.4 Å². The Morgan fingerprint density at radius 1 is 1.12 bits per heavy atom. The third-order valence-electron chi connectivity index (χ3n) is 4.58. The smallest absolute Gasteiger partial charge is 0.352 e. The molecular formula is C20H17F3N2O. The minimum absolute atomic E-state index is 0.112. The molecule has 0 heterocycles. The van der Waals surface area contributed by atoms with E-state index in [1.165, 1.54) is 12.1 Å². The van der Waals surface area contributed by atoms with Crippen LogP contribution >= 0.6 is 0 Å². The molecule has 0 atom stereocenters. The number of nitriles is 1. The van der Waals surface area contributed by atoms with Gasteiger partial charge in [-0.1, -0.05) is 42.5 Å². The Morgan fingerprint density at radius 2 is 1.81 bits per heavy atom. The maximum atomic E-state index is 12.7. The zero-order chi connectivity index (χ0) is 18.8. The van der Waals surface area contributed by atoms with Crippen molar-refractivity contribution in [3.8, 4) is 6.07 Å². The lowest BCUT2D eigenvalue weighted by Gasteiger charge is -2.10. The number of hydrogen-bond donors (Lipinski definition) is 1. The average Bonchev–Trinajstić information content (AvgIpc) is 3.41. The van der Waals surface area contributed by atoms with Gasteiger partial charge in [-0.2, -0.15) is 18.4 Å². The number of alkyl halides is 3. The predicted octanol–water partition coefficient (Wildman–Crippen LogP) is 4.12. The molecule has 0 aliphatic heterocycles. The molecular weight excluding hydrogens is 341 g/mol. The van der Waals surface area contributed by atoms with Crippen LogP contribution in [-0.4, -0.2) is 5.91 Å². The van der Waals surface area contributed by atoms with Crippen molar-refractivity contribution in [2.75, 3.05) is 0 Å². The molecule has 1 aliphatic rings. The molecule has 0 aromatic heterocycles. The van der Waals surface area contributed by atoms with Crippen molar-refractivity contribution in [3.05, 3.63) is 70.8 Å². The summed E-state index contributed by atoms with van der Waals surface area (Å²) in [6.07, 6.45) is -2.79. The highest BCUT2D eigenvalue weighted by Gasteiger charge is 2.44. The molecule has 1 amide bonds. The van der Waals surface area contributed by atoms with Gasteiger partial charge in [-0.25, -0.2) is 0 Å². The lowest BCUT2D eigenvalue weighted by atomic mass is 9.97. The van der Waals surface area contributed by atoms with Crippen LogP contribution in [0, 0.1) is 11.3 Å². The molecule has 1 fully saturated rings. The van der Waals surface area contributed by atoms with Gasteiger partial charge in [0, 0.05) is 6.54 Å². The van der Waals surface area contributed by atoms with Gasteiger partial charge in [-0.05, 0) is 35.6 Å². The molecule has 2 aromatic rings.